The molecule has 1 heterocycles. The van der Waals surface area contributed by atoms with E-state index in [1.54, 1.807) is 13.0 Å². The highest BCUT2D eigenvalue weighted by molar-refractivity contribution is 6.23. The van der Waals surface area contributed by atoms with E-state index in [9.17, 15) is 19.1 Å². The molecule has 0 spiro atoms. The van der Waals surface area contributed by atoms with Crippen LogP contribution in [0.15, 0.2) is 54.4 Å². The maximum Gasteiger partial charge on any atom is 0.416 e. The molecule has 2 aliphatic rings. The van der Waals surface area contributed by atoms with Crippen LogP contribution in [0.1, 0.15) is 12.5 Å². The number of benzene rings is 1. The van der Waals surface area contributed by atoms with Gasteiger partial charge in [-0.15, -0.1) is 11.6 Å². The number of rotatable bonds is 5. The molecular formula is C20H21ClFNO4. The summed E-state index contributed by atoms with van der Waals surface area (Å²) in [5.41, 5.74) is -0.223. The first-order valence-corrected chi connectivity index (χ1v) is 9.15. The van der Waals surface area contributed by atoms with Crippen LogP contribution in [0.3, 0.4) is 0 Å². The molecule has 0 radical (unpaired) electrons. The molecule has 1 N–H and O–H groups in total. The number of carbonyl (C=O) groups excluding carboxylic acids is 2. The SMILES string of the molecule is CC1([C@@H](CO)C(=O)N2C(=O)OC[C@H]2Cc2ccccc2)C=CC=C(F)C1Cl. The Kier molecular flexibility index (Phi) is 5.67. The zero-order chi connectivity index (χ0) is 19.6. The van der Waals surface area contributed by atoms with Gasteiger partial charge >= 0.3 is 6.09 Å². The highest BCUT2D eigenvalue weighted by Crippen LogP contribution is 2.43. The van der Waals surface area contributed by atoms with Crippen LogP contribution in [0.2, 0.25) is 0 Å². The van der Waals surface area contributed by atoms with Crippen molar-refractivity contribution < 1.29 is 23.8 Å². The molecule has 0 bridgehead atoms. The summed E-state index contributed by atoms with van der Waals surface area (Å²) < 4.78 is 19.1. The fraction of sp³-hybridized carbons (Fsp3) is 0.400. The fourth-order valence-electron chi connectivity index (χ4n) is 3.58. The zero-order valence-corrected chi connectivity index (χ0v) is 15.6. The van der Waals surface area contributed by atoms with E-state index in [1.165, 1.54) is 12.2 Å². The minimum atomic E-state index is -1.17. The molecule has 7 heteroatoms. The lowest BCUT2D eigenvalue weighted by Crippen LogP contribution is -2.51. The molecule has 1 aromatic rings. The first-order valence-electron chi connectivity index (χ1n) is 8.72. The van der Waals surface area contributed by atoms with Gasteiger partial charge in [-0.25, -0.2) is 14.1 Å². The second kappa shape index (κ2) is 7.82. The van der Waals surface area contributed by atoms with Crippen LogP contribution in [0.4, 0.5) is 9.18 Å². The number of imide groups is 1. The Morgan fingerprint density at radius 3 is 2.81 bits per heavy atom. The summed E-state index contributed by atoms with van der Waals surface area (Å²) in [6.45, 7) is 1.10. The minimum absolute atomic E-state index is 0.0722. The van der Waals surface area contributed by atoms with Gasteiger partial charge in [0, 0.05) is 5.41 Å². The van der Waals surface area contributed by atoms with Gasteiger partial charge in [0.2, 0.25) is 5.91 Å². The molecule has 1 aliphatic carbocycles. The Balaban J connectivity index is 1.86. The number of allylic oxidation sites excluding steroid dienone is 4. The molecule has 27 heavy (non-hydrogen) atoms. The number of alkyl halides is 1. The number of carbonyl (C=O) groups is 2. The second-order valence-corrected chi connectivity index (χ2v) is 7.44. The molecule has 0 aromatic heterocycles. The first kappa shape index (κ1) is 19.6. The normalized spacial score (nSPS) is 28.7. The van der Waals surface area contributed by atoms with Crippen molar-refractivity contribution in [1.29, 1.82) is 0 Å². The lowest BCUT2D eigenvalue weighted by molar-refractivity contribution is -0.138. The number of cyclic esters (lactones) is 1. The molecule has 3 rings (SSSR count). The smallest absolute Gasteiger partial charge is 0.416 e. The van der Waals surface area contributed by atoms with Crippen molar-refractivity contribution in [1.82, 2.24) is 4.90 Å². The number of aliphatic hydroxyl groups is 1. The summed E-state index contributed by atoms with van der Waals surface area (Å²) in [4.78, 5) is 26.4. The molecule has 2 amide bonds. The topological polar surface area (TPSA) is 66.8 Å². The van der Waals surface area contributed by atoms with Crippen molar-refractivity contribution in [3.8, 4) is 0 Å². The van der Waals surface area contributed by atoms with Crippen LogP contribution in [0.5, 0.6) is 0 Å². The third kappa shape index (κ3) is 3.64. The summed E-state index contributed by atoms with van der Waals surface area (Å²) in [5, 5.41) is 8.79. The number of aliphatic hydroxyl groups excluding tert-OH is 1. The van der Waals surface area contributed by atoms with E-state index >= 15 is 0 Å². The molecule has 1 aliphatic heterocycles. The monoisotopic (exact) mass is 393 g/mol. The molecule has 0 saturated carbocycles. The standard InChI is InChI=1S/C20H21ClFNO4/c1-20(9-5-8-16(22)17(20)21)15(11-24)18(25)23-14(12-27-19(23)26)10-13-6-3-2-4-7-13/h2-9,14-15,17,24H,10-12H2,1H3/t14-,15+,17?,20?/m1/s1. The Bertz CT molecular complexity index is 781. The summed E-state index contributed by atoms with van der Waals surface area (Å²) in [6, 6.07) is 8.92. The van der Waals surface area contributed by atoms with Gasteiger partial charge in [0.25, 0.3) is 0 Å². The van der Waals surface area contributed by atoms with E-state index in [0.717, 1.165) is 10.5 Å². The summed E-state index contributed by atoms with van der Waals surface area (Å²) in [6.07, 6.45) is 3.96. The van der Waals surface area contributed by atoms with Crippen molar-refractivity contribution in [3.63, 3.8) is 0 Å². The van der Waals surface area contributed by atoms with E-state index in [0.29, 0.717) is 6.42 Å². The number of halogens is 2. The fourth-order valence-corrected chi connectivity index (χ4v) is 3.88. The lowest BCUT2D eigenvalue weighted by atomic mass is 9.71. The molecule has 5 nitrogen and oxygen atoms in total. The highest BCUT2D eigenvalue weighted by atomic mass is 35.5. The second-order valence-electron chi connectivity index (χ2n) is 7.00. The van der Waals surface area contributed by atoms with Gasteiger partial charge in [0.15, 0.2) is 0 Å². The Hall–Kier alpha value is -2.18. The van der Waals surface area contributed by atoms with Gasteiger partial charge in [0.05, 0.1) is 23.9 Å². The van der Waals surface area contributed by atoms with Crippen LogP contribution in [0.25, 0.3) is 0 Å². The largest absolute Gasteiger partial charge is 0.447 e. The van der Waals surface area contributed by atoms with Crippen molar-refractivity contribution >= 4 is 23.6 Å². The van der Waals surface area contributed by atoms with E-state index in [1.807, 2.05) is 30.3 Å². The number of amides is 2. The summed E-state index contributed by atoms with van der Waals surface area (Å²) in [7, 11) is 0. The molecule has 1 fully saturated rings. The molecule has 4 atom stereocenters. The van der Waals surface area contributed by atoms with E-state index in [2.05, 4.69) is 0 Å². The molecule has 2 unspecified atom stereocenters. The predicted octanol–water partition coefficient (Wildman–Crippen LogP) is 3.22. The van der Waals surface area contributed by atoms with Gasteiger partial charge in [-0.3, -0.25) is 4.79 Å². The molecular weight excluding hydrogens is 373 g/mol. The quantitative estimate of drug-likeness (QED) is 0.780. The molecule has 1 aromatic carbocycles. The van der Waals surface area contributed by atoms with Gasteiger partial charge < -0.3 is 9.84 Å². The van der Waals surface area contributed by atoms with Crippen LogP contribution in [-0.4, -0.2) is 46.6 Å². The van der Waals surface area contributed by atoms with Crippen LogP contribution < -0.4 is 0 Å². The average molecular weight is 394 g/mol. The maximum absolute atomic E-state index is 14.0. The minimum Gasteiger partial charge on any atom is -0.447 e. The van der Waals surface area contributed by atoms with Gasteiger partial charge in [-0.05, 0) is 18.1 Å². The lowest BCUT2D eigenvalue weighted by Gasteiger charge is -2.39. The predicted molar refractivity (Wildman–Crippen MR) is 98.8 cm³/mol. The van der Waals surface area contributed by atoms with Gasteiger partial charge in [-0.1, -0.05) is 49.4 Å². The van der Waals surface area contributed by atoms with E-state index < -0.39 is 47.2 Å². The van der Waals surface area contributed by atoms with Crippen LogP contribution in [0, 0.1) is 11.3 Å². The third-order valence-electron chi connectivity index (χ3n) is 5.24. The van der Waals surface area contributed by atoms with E-state index in [4.69, 9.17) is 16.3 Å². The highest BCUT2D eigenvalue weighted by Gasteiger charge is 2.50. The Morgan fingerprint density at radius 2 is 2.15 bits per heavy atom. The average Bonchev–Trinajstić information content (AvgIpc) is 3.01. The van der Waals surface area contributed by atoms with Crippen LogP contribution in [-0.2, 0) is 16.0 Å². The number of nitrogens with zero attached hydrogens (tertiary/aromatic N) is 1. The molecule has 1 saturated heterocycles. The first-order chi connectivity index (χ1) is 12.9. The van der Waals surface area contributed by atoms with Crippen molar-refractivity contribution in [3.05, 3.63) is 60.0 Å². The van der Waals surface area contributed by atoms with E-state index in [-0.39, 0.29) is 6.61 Å². The van der Waals surface area contributed by atoms with Gasteiger partial charge in [-0.2, -0.15) is 0 Å². The van der Waals surface area contributed by atoms with Crippen molar-refractivity contribution in [2.24, 2.45) is 11.3 Å². The van der Waals surface area contributed by atoms with Crippen LogP contribution >= 0.6 is 11.6 Å². The van der Waals surface area contributed by atoms with Crippen molar-refractivity contribution in [2.75, 3.05) is 13.2 Å². The summed E-state index contributed by atoms with van der Waals surface area (Å²) >= 11 is 6.21. The zero-order valence-electron chi connectivity index (χ0n) is 14.8. The van der Waals surface area contributed by atoms with Crippen molar-refractivity contribution in [2.45, 2.75) is 24.8 Å². The Labute approximate surface area is 162 Å². The molecule has 144 valence electrons. The van der Waals surface area contributed by atoms with Gasteiger partial charge in [0.1, 0.15) is 12.4 Å². The third-order valence-corrected chi connectivity index (χ3v) is 5.92. The summed E-state index contributed by atoms with van der Waals surface area (Å²) in [5.74, 6) is -2.29. The number of hydrogen-bond donors (Lipinski definition) is 1. The Morgan fingerprint density at radius 1 is 1.44 bits per heavy atom. The maximum atomic E-state index is 14.0. The number of hydrogen-bond acceptors (Lipinski definition) is 4. The number of ether oxygens (including phenoxy) is 1.